The van der Waals surface area contributed by atoms with Gasteiger partial charge in [-0.15, -0.1) is 0 Å². The molecule has 0 saturated carbocycles. The lowest BCUT2D eigenvalue weighted by Gasteiger charge is -2.17. The number of hydrogen-bond donors (Lipinski definition) is 1. The Kier molecular flexibility index (Phi) is 5.83. The maximum absolute atomic E-state index is 12.0. The van der Waals surface area contributed by atoms with E-state index in [0.717, 1.165) is 5.56 Å². The number of halogens is 1. The molecule has 1 unspecified atom stereocenters. The summed E-state index contributed by atoms with van der Waals surface area (Å²) < 4.78 is 26.1. The number of nitrogens with one attached hydrogen (secondary N) is 1. The molecule has 22 heavy (non-hydrogen) atoms. The first-order valence-corrected chi connectivity index (χ1v) is 9.45. The van der Waals surface area contributed by atoms with E-state index in [2.05, 4.69) is 4.72 Å². The van der Waals surface area contributed by atoms with Crippen molar-refractivity contribution in [2.45, 2.75) is 32.2 Å². The highest BCUT2D eigenvalue weighted by Crippen LogP contribution is 2.15. The van der Waals surface area contributed by atoms with Gasteiger partial charge in [0.1, 0.15) is 0 Å². The molecule has 2 rings (SSSR count). The van der Waals surface area contributed by atoms with E-state index in [1.54, 1.807) is 4.90 Å². The molecule has 0 aromatic heterocycles. The molecule has 0 spiro atoms. The van der Waals surface area contributed by atoms with Gasteiger partial charge in [0.25, 0.3) is 0 Å². The van der Waals surface area contributed by atoms with E-state index in [0.29, 0.717) is 31.0 Å². The minimum atomic E-state index is -3.28. The summed E-state index contributed by atoms with van der Waals surface area (Å²) in [5.74, 6) is 0.0893. The van der Waals surface area contributed by atoms with Crippen molar-refractivity contribution in [1.29, 1.82) is 0 Å². The molecule has 1 N–H and O–H groups in total. The fraction of sp³-hybridized carbons (Fsp3) is 0.533. The van der Waals surface area contributed by atoms with Crippen molar-refractivity contribution >= 4 is 27.5 Å². The third-order valence-electron chi connectivity index (χ3n) is 3.59. The number of carbonyl (C=O) groups excluding carboxylic acids is 1. The third-order valence-corrected chi connectivity index (χ3v) is 5.47. The zero-order chi connectivity index (χ0) is 16.2. The number of nitrogens with zero attached hydrogens (tertiary/aromatic N) is 1. The summed E-state index contributed by atoms with van der Waals surface area (Å²) in [5.41, 5.74) is 1.07. The molecule has 1 aliphatic heterocycles. The molecule has 1 aliphatic rings. The van der Waals surface area contributed by atoms with Gasteiger partial charge in [-0.25, -0.2) is 13.1 Å². The molecule has 1 atom stereocenters. The van der Waals surface area contributed by atoms with E-state index < -0.39 is 10.0 Å². The van der Waals surface area contributed by atoms with Crippen LogP contribution in [-0.4, -0.2) is 44.1 Å². The Bertz CT molecular complexity index is 633. The Morgan fingerprint density at radius 1 is 1.41 bits per heavy atom. The van der Waals surface area contributed by atoms with Gasteiger partial charge in [-0.1, -0.05) is 30.7 Å². The summed E-state index contributed by atoms with van der Waals surface area (Å²) in [6, 6.07) is 7.22. The quantitative estimate of drug-likeness (QED) is 0.820. The Labute approximate surface area is 136 Å². The zero-order valence-corrected chi connectivity index (χ0v) is 14.2. The standard InChI is InChI=1S/C15H21ClN2O3S/c1-2-8-22(20,21)17-14-10-15(19)18(11-14)7-6-12-4-3-5-13(16)9-12/h3-5,9,14,17H,2,6-8,10-11H2,1H3. The Hall–Kier alpha value is -1.11. The number of likely N-dealkylation sites (tertiary alicyclic amines) is 1. The molecule has 0 aliphatic carbocycles. The molecule has 0 radical (unpaired) electrons. The second-order valence-electron chi connectivity index (χ2n) is 5.56. The van der Waals surface area contributed by atoms with Gasteiger partial charge in [-0.05, 0) is 30.5 Å². The second kappa shape index (κ2) is 7.44. The van der Waals surface area contributed by atoms with Crippen LogP contribution in [0, 0.1) is 0 Å². The molecule has 1 saturated heterocycles. The molecule has 1 fully saturated rings. The second-order valence-corrected chi connectivity index (χ2v) is 7.87. The van der Waals surface area contributed by atoms with Crippen LogP contribution in [0.15, 0.2) is 24.3 Å². The summed E-state index contributed by atoms with van der Waals surface area (Å²) in [7, 11) is -3.28. The maximum atomic E-state index is 12.0. The average Bonchev–Trinajstić information content (AvgIpc) is 2.75. The van der Waals surface area contributed by atoms with Crippen LogP contribution in [0.3, 0.4) is 0 Å². The minimum Gasteiger partial charge on any atom is -0.341 e. The van der Waals surface area contributed by atoms with E-state index in [4.69, 9.17) is 11.6 Å². The number of sulfonamides is 1. The molecule has 1 aromatic carbocycles. The minimum absolute atomic E-state index is 0.00812. The first-order valence-electron chi connectivity index (χ1n) is 7.42. The lowest BCUT2D eigenvalue weighted by atomic mass is 10.1. The fourth-order valence-electron chi connectivity index (χ4n) is 2.61. The predicted octanol–water partition coefficient (Wildman–Crippen LogP) is 1.81. The van der Waals surface area contributed by atoms with E-state index in [1.807, 2.05) is 31.2 Å². The summed E-state index contributed by atoms with van der Waals surface area (Å²) in [5, 5.41) is 0.676. The van der Waals surface area contributed by atoms with Gasteiger partial charge >= 0.3 is 0 Å². The molecular weight excluding hydrogens is 324 g/mol. The van der Waals surface area contributed by atoms with Gasteiger partial charge < -0.3 is 4.90 Å². The van der Waals surface area contributed by atoms with E-state index in [9.17, 15) is 13.2 Å². The van der Waals surface area contributed by atoms with Gasteiger partial charge in [-0.2, -0.15) is 0 Å². The van der Waals surface area contributed by atoms with Crippen molar-refractivity contribution in [2.75, 3.05) is 18.8 Å². The Morgan fingerprint density at radius 3 is 2.86 bits per heavy atom. The Balaban J connectivity index is 1.87. The van der Waals surface area contributed by atoms with Crippen LogP contribution in [0.5, 0.6) is 0 Å². The van der Waals surface area contributed by atoms with Gasteiger partial charge in [-0.3, -0.25) is 4.79 Å². The SMILES string of the molecule is CCCS(=O)(=O)NC1CC(=O)N(CCc2cccc(Cl)c2)C1. The van der Waals surface area contributed by atoms with Crippen molar-refractivity contribution in [2.24, 2.45) is 0 Å². The summed E-state index contributed by atoms with van der Waals surface area (Å²) in [6.07, 6.45) is 1.51. The van der Waals surface area contributed by atoms with E-state index >= 15 is 0 Å². The highest BCUT2D eigenvalue weighted by Gasteiger charge is 2.31. The van der Waals surface area contributed by atoms with Crippen LogP contribution >= 0.6 is 11.6 Å². The van der Waals surface area contributed by atoms with Crippen molar-refractivity contribution in [3.63, 3.8) is 0 Å². The van der Waals surface area contributed by atoms with Crippen LogP contribution in [0.25, 0.3) is 0 Å². The zero-order valence-electron chi connectivity index (χ0n) is 12.6. The van der Waals surface area contributed by atoms with Crippen molar-refractivity contribution in [3.8, 4) is 0 Å². The smallest absolute Gasteiger partial charge is 0.224 e. The largest absolute Gasteiger partial charge is 0.341 e. The highest BCUT2D eigenvalue weighted by atomic mass is 35.5. The normalized spacial score (nSPS) is 18.9. The van der Waals surface area contributed by atoms with Gasteiger partial charge in [0.05, 0.1) is 5.75 Å². The first kappa shape index (κ1) is 17.2. The fourth-order valence-corrected chi connectivity index (χ4v) is 4.14. The molecule has 0 bridgehead atoms. The van der Waals surface area contributed by atoms with Crippen molar-refractivity contribution < 1.29 is 13.2 Å². The van der Waals surface area contributed by atoms with Crippen LogP contribution < -0.4 is 4.72 Å². The molecule has 122 valence electrons. The lowest BCUT2D eigenvalue weighted by molar-refractivity contribution is -0.127. The number of carbonyl (C=O) groups is 1. The van der Waals surface area contributed by atoms with Crippen molar-refractivity contribution in [3.05, 3.63) is 34.9 Å². The molecule has 1 amide bonds. The average molecular weight is 345 g/mol. The van der Waals surface area contributed by atoms with Crippen LogP contribution in [0.2, 0.25) is 5.02 Å². The van der Waals surface area contributed by atoms with Gasteiger partial charge in [0.2, 0.25) is 15.9 Å². The number of amides is 1. The molecule has 5 nitrogen and oxygen atoms in total. The summed E-state index contributed by atoms with van der Waals surface area (Å²) >= 11 is 5.94. The predicted molar refractivity (Wildman–Crippen MR) is 87.4 cm³/mol. The summed E-state index contributed by atoms with van der Waals surface area (Å²) in [4.78, 5) is 13.7. The topological polar surface area (TPSA) is 66.5 Å². The van der Waals surface area contributed by atoms with E-state index in [-0.39, 0.29) is 24.1 Å². The maximum Gasteiger partial charge on any atom is 0.224 e. The molecular formula is C15H21ClN2O3S. The third kappa shape index (κ3) is 4.97. The first-order chi connectivity index (χ1) is 10.4. The van der Waals surface area contributed by atoms with Crippen LogP contribution in [-0.2, 0) is 21.2 Å². The van der Waals surface area contributed by atoms with Crippen LogP contribution in [0.1, 0.15) is 25.3 Å². The summed E-state index contributed by atoms with van der Waals surface area (Å²) in [6.45, 7) is 2.82. The van der Waals surface area contributed by atoms with Gasteiger partial charge in [0.15, 0.2) is 0 Å². The number of rotatable bonds is 7. The van der Waals surface area contributed by atoms with Crippen LogP contribution in [0.4, 0.5) is 0 Å². The lowest BCUT2D eigenvalue weighted by Crippen LogP contribution is -2.38. The molecule has 1 heterocycles. The number of hydrogen-bond acceptors (Lipinski definition) is 3. The van der Waals surface area contributed by atoms with Crippen molar-refractivity contribution in [1.82, 2.24) is 9.62 Å². The van der Waals surface area contributed by atoms with Gasteiger partial charge in [0, 0.05) is 30.6 Å². The van der Waals surface area contributed by atoms with E-state index in [1.165, 1.54) is 0 Å². The highest BCUT2D eigenvalue weighted by molar-refractivity contribution is 7.89. The Morgan fingerprint density at radius 2 is 2.18 bits per heavy atom. The monoisotopic (exact) mass is 344 g/mol. The molecule has 1 aromatic rings. The molecule has 7 heteroatoms. The number of benzene rings is 1.